The molecule has 1 fully saturated rings. The van der Waals surface area contributed by atoms with Crippen molar-refractivity contribution < 1.29 is 19.2 Å². The topological polar surface area (TPSA) is 81.9 Å². The zero-order valence-corrected chi connectivity index (χ0v) is 13.3. The van der Waals surface area contributed by atoms with E-state index in [4.69, 9.17) is 9.47 Å². The van der Waals surface area contributed by atoms with Crippen molar-refractivity contribution in [2.45, 2.75) is 20.3 Å². The highest BCUT2D eigenvalue weighted by atomic mass is 16.6. The quantitative estimate of drug-likeness (QED) is 0.617. The fourth-order valence-electron chi connectivity index (χ4n) is 3.40. The van der Waals surface area contributed by atoms with Crippen molar-refractivity contribution in [3.8, 4) is 11.5 Å². The Morgan fingerprint density at radius 1 is 1.17 bits per heavy atom. The molecule has 2 aliphatic rings. The van der Waals surface area contributed by atoms with Gasteiger partial charge < -0.3 is 14.4 Å². The largest absolute Gasteiger partial charge is 0.486 e. The van der Waals surface area contributed by atoms with Gasteiger partial charge in [0.15, 0.2) is 11.5 Å². The molecule has 3 rings (SSSR count). The molecule has 0 aliphatic carbocycles. The van der Waals surface area contributed by atoms with Crippen LogP contribution >= 0.6 is 0 Å². The third kappa shape index (κ3) is 3.09. The molecule has 1 aromatic carbocycles. The normalized spacial score (nSPS) is 23.5. The van der Waals surface area contributed by atoms with Gasteiger partial charge >= 0.3 is 0 Å². The Bertz CT molecular complexity index is 636. The lowest BCUT2D eigenvalue weighted by atomic mass is 9.91. The lowest BCUT2D eigenvalue weighted by Crippen LogP contribution is -2.42. The number of nitro benzene ring substituents is 1. The van der Waals surface area contributed by atoms with E-state index in [0.717, 1.165) is 6.42 Å². The van der Waals surface area contributed by atoms with E-state index in [1.807, 2.05) is 0 Å². The molecule has 0 spiro atoms. The summed E-state index contributed by atoms with van der Waals surface area (Å²) in [6.45, 7) is 6.14. The highest BCUT2D eigenvalue weighted by Crippen LogP contribution is 2.37. The van der Waals surface area contributed by atoms with Crippen molar-refractivity contribution in [2.75, 3.05) is 26.3 Å². The molecular formula is C16H20N2O5. The van der Waals surface area contributed by atoms with E-state index in [1.165, 1.54) is 12.1 Å². The zero-order chi connectivity index (χ0) is 16.6. The molecule has 1 aromatic rings. The van der Waals surface area contributed by atoms with Crippen LogP contribution in [0.2, 0.25) is 0 Å². The van der Waals surface area contributed by atoms with Gasteiger partial charge in [0.2, 0.25) is 0 Å². The van der Waals surface area contributed by atoms with Crippen LogP contribution in [0.4, 0.5) is 5.69 Å². The molecule has 2 atom stereocenters. The molecule has 7 nitrogen and oxygen atoms in total. The molecular weight excluding hydrogens is 300 g/mol. The van der Waals surface area contributed by atoms with Gasteiger partial charge in [0.1, 0.15) is 18.8 Å². The summed E-state index contributed by atoms with van der Waals surface area (Å²) < 4.78 is 10.8. The maximum atomic E-state index is 12.8. The predicted octanol–water partition coefficient (Wildman–Crippen LogP) is 2.48. The van der Waals surface area contributed by atoms with Crippen LogP contribution in [-0.2, 0) is 0 Å². The SMILES string of the molecule is CC1CC(C)CN(C(=O)c2cc3c(cc2[N+](=O)[O-])OCCO3)C1. The number of piperidine rings is 1. The van der Waals surface area contributed by atoms with Gasteiger partial charge in [-0.05, 0) is 18.3 Å². The molecule has 124 valence electrons. The van der Waals surface area contributed by atoms with Crippen molar-refractivity contribution in [2.24, 2.45) is 11.8 Å². The van der Waals surface area contributed by atoms with E-state index in [1.54, 1.807) is 4.90 Å². The van der Waals surface area contributed by atoms with Gasteiger partial charge in [0.25, 0.3) is 11.6 Å². The van der Waals surface area contributed by atoms with Gasteiger partial charge in [-0.25, -0.2) is 0 Å². The van der Waals surface area contributed by atoms with Crippen LogP contribution in [0.3, 0.4) is 0 Å². The maximum Gasteiger partial charge on any atom is 0.286 e. The number of carbonyl (C=O) groups excluding carboxylic acids is 1. The summed E-state index contributed by atoms with van der Waals surface area (Å²) in [6.07, 6.45) is 1.06. The number of likely N-dealkylation sites (tertiary alicyclic amines) is 1. The Hall–Kier alpha value is -2.31. The maximum absolute atomic E-state index is 12.8. The first-order valence-electron chi connectivity index (χ1n) is 7.83. The van der Waals surface area contributed by atoms with E-state index in [2.05, 4.69) is 13.8 Å². The van der Waals surface area contributed by atoms with Crippen LogP contribution in [0.15, 0.2) is 12.1 Å². The van der Waals surface area contributed by atoms with E-state index >= 15 is 0 Å². The zero-order valence-electron chi connectivity index (χ0n) is 13.3. The van der Waals surface area contributed by atoms with Gasteiger partial charge in [-0.15, -0.1) is 0 Å². The Kier molecular flexibility index (Phi) is 4.11. The third-order valence-corrected chi connectivity index (χ3v) is 4.24. The first kappa shape index (κ1) is 15.6. The lowest BCUT2D eigenvalue weighted by Gasteiger charge is -2.35. The number of amides is 1. The summed E-state index contributed by atoms with van der Waals surface area (Å²) in [5, 5.41) is 11.4. The number of benzene rings is 1. The summed E-state index contributed by atoms with van der Waals surface area (Å²) in [6, 6.07) is 2.73. The number of fused-ring (bicyclic) bond motifs is 1. The van der Waals surface area contributed by atoms with E-state index in [-0.39, 0.29) is 17.2 Å². The average Bonchev–Trinajstić information content (AvgIpc) is 2.52. The molecule has 0 saturated carbocycles. The Morgan fingerprint density at radius 3 is 2.30 bits per heavy atom. The molecule has 2 unspecified atom stereocenters. The fourth-order valence-corrected chi connectivity index (χ4v) is 3.40. The molecule has 1 saturated heterocycles. The minimum Gasteiger partial charge on any atom is -0.486 e. The van der Waals surface area contributed by atoms with Gasteiger partial charge in [-0.1, -0.05) is 13.8 Å². The third-order valence-electron chi connectivity index (χ3n) is 4.24. The van der Waals surface area contributed by atoms with Crippen molar-refractivity contribution in [1.29, 1.82) is 0 Å². The number of ether oxygens (including phenoxy) is 2. The number of carbonyl (C=O) groups is 1. The van der Waals surface area contributed by atoms with Crippen LogP contribution in [0, 0.1) is 22.0 Å². The highest BCUT2D eigenvalue weighted by Gasteiger charge is 2.32. The second-order valence-corrected chi connectivity index (χ2v) is 6.43. The molecule has 7 heteroatoms. The Labute approximate surface area is 134 Å². The van der Waals surface area contributed by atoms with E-state index < -0.39 is 4.92 Å². The lowest BCUT2D eigenvalue weighted by molar-refractivity contribution is -0.385. The van der Waals surface area contributed by atoms with Crippen molar-refractivity contribution in [3.05, 3.63) is 27.8 Å². The van der Waals surface area contributed by atoms with E-state index in [0.29, 0.717) is 49.6 Å². The Balaban J connectivity index is 1.97. The molecule has 1 amide bonds. The van der Waals surface area contributed by atoms with Crippen LogP contribution < -0.4 is 9.47 Å². The van der Waals surface area contributed by atoms with Crippen LogP contribution in [0.25, 0.3) is 0 Å². The van der Waals surface area contributed by atoms with Gasteiger partial charge in [0, 0.05) is 19.2 Å². The first-order chi connectivity index (χ1) is 11.0. The summed E-state index contributed by atoms with van der Waals surface area (Å²) in [4.78, 5) is 25.4. The van der Waals surface area contributed by atoms with Gasteiger partial charge in [0.05, 0.1) is 11.0 Å². The molecule has 0 bridgehead atoms. The molecule has 2 aliphatic heterocycles. The second kappa shape index (κ2) is 6.06. The van der Waals surface area contributed by atoms with Crippen LogP contribution in [0.5, 0.6) is 11.5 Å². The molecule has 0 radical (unpaired) electrons. The second-order valence-electron chi connectivity index (χ2n) is 6.43. The summed E-state index contributed by atoms with van der Waals surface area (Å²) in [7, 11) is 0. The number of hydrogen-bond acceptors (Lipinski definition) is 5. The van der Waals surface area contributed by atoms with Gasteiger partial charge in [-0.3, -0.25) is 14.9 Å². The Morgan fingerprint density at radius 2 is 1.74 bits per heavy atom. The van der Waals surface area contributed by atoms with Crippen molar-refractivity contribution in [1.82, 2.24) is 4.90 Å². The summed E-state index contributed by atoms with van der Waals surface area (Å²) in [5.74, 6) is 1.17. The smallest absolute Gasteiger partial charge is 0.286 e. The number of nitrogens with zero attached hydrogens (tertiary/aromatic N) is 2. The minimum atomic E-state index is -0.539. The van der Waals surface area contributed by atoms with E-state index in [9.17, 15) is 14.9 Å². The average molecular weight is 320 g/mol. The molecule has 2 heterocycles. The summed E-state index contributed by atoms with van der Waals surface area (Å²) in [5.41, 5.74) is -0.161. The standard InChI is InChI=1S/C16H20N2O5/c1-10-5-11(2)9-17(8-10)16(19)12-6-14-15(23-4-3-22-14)7-13(12)18(20)21/h6-7,10-11H,3-5,8-9H2,1-2H3. The number of nitro groups is 1. The van der Waals surface area contributed by atoms with Crippen LogP contribution in [-0.4, -0.2) is 42.0 Å². The molecule has 23 heavy (non-hydrogen) atoms. The molecule has 0 N–H and O–H groups in total. The van der Waals surface area contributed by atoms with Crippen molar-refractivity contribution in [3.63, 3.8) is 0 Å². The first-order valence-corrected chi connectivity index (χ1v) is 7.83. The minimum absolute atomic E-state index is 0.0700. The van der Waals surface area contributed by atoms with Gasteiger partial charge in [-0.2, -0.15) is 0 Å². The van der Waals surface area contributed by atoms with Crippen molar-refractivity contribution >= 4 is 11.6 Å². The number of rotatable bonds is 2. The predicted molar refractivity (Wildman–Crippen MR) is 82.9 cm³/mol. The monoisotopic (exact) mass is 320 g/mol. The molecule has 0 aromatic heterocycles. The summed E-state index contributed by atoms with van der Waals surface area (Å²) >= 11 is 0. The highest BCUT2D eigenvalue weighted by molar-refractivity contribution is 5.99. The fraction of sp³-hybridized carbons (Fsp3) is 0.562. The van der Waals surface area contributed by atoms with Crippen LogP contribution in [0.1, 0.15) is 30.6 Å². The number of hydrogen-bond donors (Lipinski definition) is 0.